The molecular weight excluding hydrogens is 208 g/mol. The second-order valence-corrected chi connectivity index (χ2v) is 4.24. The smallest absolute Gasteiger partial charge is 0.0990 e. The van der Waals surface area contributed by atoms with E-state index in [2.05, 4.69) is 57.1 Å². The fourth-order valence-electron chi connectivity index (χ4n) is 1.65. The van der Waals surface area contributed by atoms with E-state index in [9.17, 15) is 0 Å². The summed E-state index contributed by atoms with van der Waals surface area (Å²) < 4.78 is 0. The van der Waals surface area contributed by atoms with Crippen molar-refractivity contribution < 1.29 is 0 Å². The molecule has 0 atom stereocenters. The first kappa shape index (κ1) is 13.2. The quantitative estimate of drug-likeness (QED) is 0.543. The minimum absolute atomic E-state index is 0.543. The summed E-state index contributed by atoms with van der Waals surface area (Å²) in [5.41, 5.74) is 3.65. The average Bonchev–Trinajstić information content (AvgIpc) is 2.31. The number of hydrogen-bond donors (Lipinski definition) is 0. The van der Waals surface area contributed by atoms with Crippen molar-refractivity contribution in [1.29, 1.82) is 0 Å². The van der Waals surface area contributed by atoms with Gasteiger partial charge >= 0.3 is 0 Å². The Balaban J connectivity index is 3.09. The molecule has 0 aliphatic heterocycles. The van der Waals surface area contributed by atoms with Gasteiger partial charge in [0.15, 0.2) is 0 Å². The first-order chi connectivity index (χ1) is 8.10. The molecule has 0 fully saturated rings. The summed E-state index contributed by atoms with van der Waals surface area (Å²) in [4.78, 5) is 5.90. The maximum absolute atomic E-state index is 4.01. The Morgan fingerprint density at radius 2 is 2.00 bits per heavy atom. The van der Waals surface area contributed by atoms with E-state index < -0.39 is 0 Å². The van der Waals surface area contributed by atoms with Crippen LogP contribution in [0.25, 0.3) is 0 Å². The zero-order chi connectivity index (χ0) is 12.8. The molecule has 0 saturated carbocycles. The second-order valence-electron chi connectivity index (χ2n) is 4.24. The van der Waals surface area contributed by atoms with Crippen LogP contribution in [0.1, 0.15) is 30.9 Å². The topological polar surface area (TPSA) is 15.6 Å². The van der Waals surface area contributed by atoms with Crippen molar-refractivity contribution in [3.05, 3.63) is 54.9 Å². The number of aliphatic imine (C=N–C) groups is 1. The number of rotatable bonds is 5. The Morgan fingerprint density at radius 1 is 1.29 bits per heavy atom. The zero-order valence-electron chi connectivity index (χ0n) is 10.9. The van der Waals surface area contributed by atoms with Gasteiger partial charge in [0.2, 0.25) is 0 Å². The molecule has 17 heavy (non-hydrogen) atoms. The largest absolute Gasteiger partial charge is 0.308 e. The highest BCUT2D eigenvalue weighted by Gasteiger charge is 2.06. The van der Waals surface area contributed by atoms with E-state index in [1.807, 2.05) is 4.90 Å². The molecule has 0 amide bonds. The molecule has 0 heterocycles. The third-order valence-corrected chi connectivity index (χ3v) is 2.66. The van der Waals surface area contributed by atoms with Gasteiger partial charge in [0, 0.05) is 18.1 Å². The molecule has 0 radical (unpaired) electrons. The van der Waals surface area contributed by atoms with Crippen LogP contribution >= 0.6 is 0 Å². The Bertz CT molecular complexity index is 431. The molecular formula is C15H20N2. The predicted octanol–water partition coefficient (Wildman–Crippen LogP) is 4.24. The normalized spacial score (nSPS) is 10.8. The molecule has 1 aromatic carbocycles. The fraction of sp³-hybridized carbons (Fsp3) is 0.267. The van der Waals surface area contributed by atoms with E-state index in [0.717, 1.165) is 5.69 Å². The average molecular weight is 228 g/mol. The standard InChI is InChI=1S/C15H20N2/c1-6-16-11-17(7-2)15-9-8-14(12(3)4)10-13(15)5/h6-12H,1-2H2,3-5H3. The molecule has 0 spiro atoms. The van der Waals surface area contributed by atoms with Gasteiger partial charge in [-0.3, -0.25) is 0 Å². The lowest BCUT2D eigenvalue weighted by Gasteiger charge is -2.18. The van der Waals surface area contributed by atoms with Crippen LogP contribution in [0.15, 0.2) is 48.7 Å². The summed E-state index contributed by atoms with van der Waals surface area (Å²) in [7, 11) is 0. The van der Waals surface area contributed by atoms with Gasteiger partial charge in [-0.15, -0.1) is 0 Å². The minimum Gasteiger partial charge on any atom is -0.308 e. The van der Waals surface area contributed by atoms with Crippen LogP contribution in [0.5, 0.6) is 0 Å². The maximum Gasteiger partial charge on any atom is 0.0990 e. The van der Waals surface area contributed by atoms with Gasteiger partial charge in [-0.25, -0.2) is 4.99 Å². The van der Waals surface area contributed by atoms with Crippen molar-refractivity contribution >= 4 is 12.0 Å². The van der Waals surface area contributed by atoms with Gasteiger partial charge < -0.3 is 4.90 Å². The van der Waals surface area contributed by atoms with Gasteiger partial charge in [0.05, 0.1) is 6.34 Å². The van der Waals surface area contributed by atoms with Crippen LogP contribution in [-0.2, 0) is 0 Å². The lowest BCUT2D eigenvalue weighted by atomic mass is 10.00. The highest BCUT2D eigenvalue weighted by atomic mass is 15.1. The molecule has 0 N–H and O–H groups in total. The van der Waals surface area contributed by atoms with Gasteiger partial charge in [0.1, 0.15) is 0 Å². The van der Waals surface area contributed by atoms with Crippen molar-refractivity contribution in [3.8, 4) is 0 Å². The van der Waals surface area contributed by atoms with Crippen molar-refractivity contribution in [2.45, 2.75) is 26.7 Å². The van der Waals surface area contributed by atoms with E-state index in [4.69, 9.17) is 0 Å². The number of aryl methyl sites for hydroxylation is 1. The molecule has 0 aromatic heterocycles. The van der Waals surface area contributed by atoms with Crippen molar-refractivity contribution in [2.75, 3.05) is 4.90 Å². The van der Waals surface area contributed by atoms with Gasteiger partial charge in [-0.05, 0) is 30.0 Å². The highest BCUT2D eigenvalue weighted by molar-refractivity contribution is 5.83. The molecule has 2 nitrogen and oxygen atoms in total. The van der Waals surface area contributed by atoms with Crippen LogP contribution in [0, 0.1) is 6.92 Å². The van der Waals surface area contributed by atoms with Crippen molar-refractivity contribution in [2.24, 2.45) is 4.99 Å². The van der Waals surface area contributed by atoms with E-state index >= 15 is 0 Å². The Hall–Kier alpha value is -1.83. The fourth-order valence-corrected chi connectivity index (χ4v) is 1.65. The van der Waals surface area contributed by atoms with Gasteiger partial charge in [0.25, 0.3) is 0 Å². The molecule has 0 aliphatic carbocycles. The van der Waals surface area contributed by atoms with Crippen LogP contribution < -0.4 is 4.90 Å². The number of anilines is 1. The van der Waals surface area contributed by atoms with E-state index in [0.29, 0.717) is 5.92 Å². The van der Waals surface area contributed by atoms with Crippen molar-refractivity contribution in [1.82, 2.24) is 0 Å². The first-order valence-corrected chi connectivity index (χ1v) is 5.75. The van der Waals surface area contributed by atoms with Crippen LogP contribution in [0.4, 0.5) is 5.69 Å². The molecule has 0 saturated heterocycles. The Morgan fingerprint density at radius 3 is 2.47 bits per heavy atom. The lowest BCUT2D eigenvalue weighted by Crippen LogP contribution is -2.13. The SMILES string of the molecule is C=CN=CN(C=C)c1ccc(C(C)C)cc1C. The molecule has 1 rings (SSSR count). The first-order valence-electron chi connectivity index (χ1n) is 5.75. The lowest BCUT2D eigenvalue weighted by molar-refractivity contribution is 0.865. The molecule has 0 bridgehead atoms. The summed E-state index contributed by atoms with van der Waals surface area (Å²) in [5.74, 6) is 0.543. The summed E-state index contributed by atoms with van der Waals surface area (Å²) >= 11 is 0. The summed E-state index contributed by atoms with van der Waals surface area (Å²) in [6, 6.07) is 6.45. The molecule has 0 unspecified atom stereocenters. The molecule has 0 aliphatic rings. The second kappa shape index (κ2) is 6.04. The predicted molar refractivity (Wildman–Crippen MR) is 76.6 cm³/mol. The van der Waals surface area contributed by atoms with Crippen LogP contribution in [-0.4, -0.2) is 6.34 Å². The Kier molecular flexibility index (Phi) is 4.70. The van der Waals surface area contributed by atoms with Crippen molar-refractivity contribution in [3.63, 3.8) is 0 Å². The van der Waals surface area contributed by atoms with E-state index in [1.54, 1.807) is 12.5 Å². The number of benzene rings is 1. The highest BCUT2D eigenvalue weighted by Crippen LogP contribution is 2.24. The number of nitrogens with zero attached hydrogens (tertiary/aromatic N) is 2. The monoisotopic (exact) mass is 228 g/mol. The zero-order valence-corrected chi connectivity index (χ0v) is 10.9. The summed E-state index contributed by atoms with van der Waals surface area (Å²) in [6.45, 7) is 13.8. The third kappa shape index (κ3) is 3.31. The summed E-state index contributed by atoms with van der Waals surface area (Å²) in [5, 5.41) is 0. The van der Waals surface area contributed by atoms with E-state index in [-0.39, 0.29) is 0 Å². The van der Waals surface area contributed by atoms with E-state index in [1.165, 1.54) is 17.3 Å². The molecule has 2 heteroatoms. The summed E-state index contributed by atoms with van der Waals surface area (Å²) in [6.07, 6.45) is 4.95. The maximum atomic E-state index is 4.01. The molecule has 90 valence electrons. The minimum atomic E-state index is 0.543. The Labute approximate surface area is 104 Å². The van der Waals surface area contributed by atoms with Gasteiger partial charge in [-0.1, -0.05) is 39.1 Å². The van der Waals surface area contributed by atoms with Crippen LogP contribution in [0.2, 0.25) is 0 Å². The number of hydrogen-bond acceptors (Lipinski definition) is 1. The van der Waals surface area contributed by atoms with Gasteiger partial charge in [-0.2, -0.15) is 0 Å². The third-order valence-electron chi connectivity index (χ3n) is 2.66. The molecule has 1 aromatic rings. The van der Waals surface area contributed by atoms with Crippen LogP contribution in [0.3, 0.4) is 0 Å².